The second-order valence-corrected chi connectivity index (χ2v) is 6.22. The normalized spacial score (nSPS) is 13.0. The molecule has 0 aliphatic rings. The van der Waals surface area contributed by atoms with Crippen LogP contribution in [-0.2, 0) is 0 Å². The van der Waals surface area contributed by atoms with E-state index in [2.05, 4.69) is 18.3 Å². The van der Waals surface area contributed by atoms with Gasteiger partial charge in [-0.1, -0.05) is 83.3 Å². The Morgan fingerprint density at radius 3 is 1.86 bits per heavy atom. The maximum atomic E-state index is 9.15. The second-order valence-electron chi connectivity index (χ2n) is 6.22. The van der Waals surface area contributed by atoms with E-state index < -0.39 is 0 Å². The molecule has 0 bridgehead atoms. The highest BCUT2D eigenvalue weighted by molar-refractivity contribution is 4.92. The van der Waals surface area contributed by atoms with Crippen LogP contribution in [0.2, 0.25) is 0 Å². The SMILES string of the molecule is CCCCCCCCCCCCC/C=C/C(CO)NCCO. The average Bonchev–Trinajstić information content (AvgIpc) is 2.54. The van der Waals surface area contributed by atoms with Crippen LogP contribution < -0.4 is 5.32 Å². The summed E-state index contributed by atoms with van der Waals surface area (Å²) in [5, 5.41) is 21.0. The molecule has 22 heavy (non-hydrogen) atoms. The van der Waals surface area contributed by atoms with Crippen molar-refractivity contribution in [3.05, 3.63) is 12.2 Å². The van der Waals surface area contributed by atoms with Crippen molar-refractivity contribution in [3.63, 3.8) is 0 Å². The molecular formula is C19H39NO2. The van der Waals surface area contributed by atoms with Crippen LogP contribution in [0.5, 0.6) is 0 Å². The van der Waals surface area contributed by atoms with Gasteiger partial charge in [0.2, 0.25) is 0 Å². The van der Waals surface area contributed by atoms with Crippen molar-refractivity contribution in [2.75, 3.05) is 19.8 Å². The minimum absolute atomic E-state index is 0.0140. The molecule has 0 saturated heterocycles. The van der Waals surface area contributed by atoms with Crippen LogP contribution in [0.15, 0.2) is 12.2 Å². The first-order valence-electron chi connectivity index (χ1n) is 9.46. The number of rotatable bonds is 17. The maximum Gasteiger partial charge on any atom is 0.0620 e. The fraction of sp³-hybridized carbons (Fsp3) is 0.895. The Kier molecular flexibility index (Phi) is 18.3. The summed E-state index contributed by atoms with van der Waals surface area (Å²) in [4.78, 5) is 0. The predicted octanol–water partition coefficient (Wildman–Crippen LogP) is 4.19. The van der Waals surface area contributed by atoms with E-state index in [4.69, 9.17) is 10.2 Å². The Balaban J connectivity index is 3.25. The van der Waals surface area contributed by atoms with Crippen molar-refractivity contribution in [3.8, 4) is 0 Å². The van der Waals surface area contributed by atoms with Crippen LogP contribution in [0.3, 0.4) is 0 Å². The van der Waals surface area contributed by atoms with Gasteiger partial charge < -0.3 is 15.5 Å². The number of unbranched alkanes of at least 4 members (excludes halogenated alkanes) is 11. The first-order valence-corrected chi connectivity index (χ1v) is 9.46. The average molecular weight is 314 g/mol. The van der Waals surface area contributed by atoms with Crippen molar-refractivity contribution in [1.82, 2.24) is 5.32 Å². The second kappa shape index (κ2) is 18.7. The first-order chi connectivity index (χ1) is 10.8. The summed E-state index contributed by atoms with van der Waals surface area (Å²) in [7, 11) is 0. The largest absolute Gasteiger partial charge is 0.395 e. The van der Waals surface area contributed by atoms with Crippen molar-refractivity contribution in [2.24, 2.45) is 0 Å². The molecule has 0 aromatic carbocycles. The van der Waals surface area contributed by atoms with E-state index in [-0.39, 0.29) is 19.3 Å². The van der Waals surface area contributed by atoms with Gasteiger partial charge in [0.05, 0.1) is 13.2 Å². The number of hydrogen-bond donors (Lipinski definition) is 3. The van der Waals surface area contributed by atoms with E-state index in [1.165, 1.54) is 70.6 Å². The summed E-state index contributed by atoms with van der Waals surface area (Å²) < 4.78 is 0. The zero-order chi connectivity index (χ0) is 16.3. The van der Waals surface area contributed by atoms with Gasteiger partial charge in [0.25, 0.3) is 0 Å². The van der Waals surface area contributed by atoms with Gasteiger partial charge in [-0.3, -0.25) is 0 Å². The molecule has 0 spiro atoms. The van der Waals surface area contributed by atoms with Crippen LogP contribution in [0, 0.1) is 0 Å². The lowest BCUT2D eigenvalue weighted by Crippen LogP contribution is -2.32. The van der Waals surface area contributed by atoms with E-state index >= 15 is 0 Å². The minimum atomic E-state index is -0.0140. The number of nitrogens with one attached hydrogen (secondary N) is 1. The molecule has 132 valence electrons. The summed E-state index contributed by atoms with van der Waals surface area (Å²) in [5.74, 6) is 0. The lowest BCUT2D eigenvalue weighted by Gasteiger charge is -2.10. The van der Waals surface area contributed by atoms with Gasteiger partial charge in [-0.25, -0.2) is 0 Å². The van der Waals surface area contributed by atoms with Gasteiger partial charge in [-0.15, -0.1) is 0 Å². The van der Waals surface area contributed by atoms with E-state index in [9.17, 15) is 0 Å². The first kappa shape index (κ1) is 21.6. The molecular weight excluding hydrogens is 274 g/mol. The predicted molar refractivity (Wildman–Crippen MR) is 96.2 cm³/mol. The van der Waals surface area contributed by atoms with Crippen LogP contribution in [0.1, 0.15) is 84.0 Å². The third-order valence-electron chi connectivity index (χ3n) is 4.06. The van der Waals surface area contributed by atoms with Crippen molar-refractivity contribution < 1.29 is 10.2 Å². The van der Waals surface area contributed by atoms with E-state index in [1.54, 1.807) is 0 Å². The minimum Gasteiger partial charge on any atom is -0.395 e. The number of allylic oxidation sites excluding steroid dienone is 1. The monoisotopic (exact) mass is 313 g/mol. The lowest BCUT2D eigenvalue weighted by atomic mass is 10.1. The highest BCUT2D eigenvalue weighted by atomic mass is 16.3. The zero-order valence-electron chi connectivity index (χ0n) is 14.7. The number of aliphatic hydroxyl groups excluding tert-OH is 2. The molecule has 3 N–H and O–H groups in total. The molecule has 0 aromatic heterocycles. The van der Waals surface area contributed by atoms with Gasteiger partial charge in [0.1, 0.15) is 0 Å². The van der Waals surface area contributed by atoms with E-state index in [1.807, 2.05) is 6.08 Å². The Hall–Kier alpha value is -0.380. The molecule has 0 aliphatic carbocycles. The summed E-state index contributed by atoms with van der Waals surface area (Å²) in [6, 6.07) is -0.0140. The van der Waals surface area contributed by atoms with Crippen LogP contribution in [0.25, 0.3) is 0 Å². The van der Waals surface area contributed by atoms with Crippen LogP contribution in [-0.4, -0.2) is 36.0 Å². The maximum absolute atomic E-state index is 9.15. The lowest BCUT2D eigenvalue weighted by molar-refractivity contribution is 0.244. The molecule has 0 heterocycles. The molecule has 0 fully saturated rings. The molecule has 0 rings (SSSR count). The third kappa shape index (κ3) is 16.0. The number of hydrogen-bond acceptors (Lipinski definition) is 3. The smallest absolute Gasteiger partial charge is 0.0620 e. The molecule has 0 radical (unpaired) electrons. The standard InChI is InChI=1S/C19H39NO2/c1-2-3-4-5-6-7-8-9-10-11-12-13-14-15-19(18-22)20-16-17-21/h14-15,19-22H,2-13,16-18H2,1H3/b15-14+. The fourth-order valence-corrected chi connectivity index (χ4v) is 2.63. The summed E-state index contributed by atoms with van der Waals surface area (Å²) in [5.41, 5.74) is 0. The Bertz CT molecular complexity index is 231. The molecule has 3 heteroatoms. The topological polar surface area (TPSA) is 52.5 Å². The summed E-state index contributed by atoms with van der Waals surface area (Å²) in [6.45, 7) is 3.01. The third-order valence-corrected chi connectivity index (χ3v) is 4.06. The van der Waals surface area contributed by atoms with Gasteiger partial charge in [-0.2, -0.15) is 0 Å². The molecule has 0 amide bonds. The summed E-state index contributed by atoms with van der Waals surface area (Å²) in [6.07, 6.45) is 20.4. The molecule has 3 nitrogen and oxygen atoms in total. The number of aliphatic hydroxyl groups is 2. The Labute approximate surface area is 138 Å². The van der Waals surface area contributed by atoms with Gasteiger partial charge in [0.15, 0.2) is 0 Å². The molecule has 0 saturated carbocycles. The molecule has 0 aromatic rings. The quantitative estimate of drug-likeness (QED) is 0.279. The van der Waals surface area contributed by atoms with E-state index in [0.717, 1.165) is 6.42 Å². The Morgan fingerprint density at radius 2 is 1.36 bits per heavy atom. The van der Waals surface area contributed by atoms with Crippen molar-refractivity contribution >= 4 is 0 Å². The van der Waals surface area contributed by atoms with Gasteiger partial charge >= 0.3 is 0 Å². The molecule has 1 unspecified atom stereocenters. The van der Waals surface area contributed by atoms with Gasteiger partial charge in [0, 0.05) is 12.6 Å². The highest BCUT2D eigenvalue weighted by Gasteiger charge is 1.99. The molecule has 0 aliphatic heterocycles. The van der Waals surface area contributed by atoms with Gasteiger partial charge in [-0.05, 0) is 12.8 Å². The Morgan fingerprint density at radius 1 is 0.818 bits per heavy atom. The van der Waals surface area contributed by atoms with Crippen LogP contribution in [0.4, 0.5) is 0 Å². The van der Waals surface area contributed by atoms with Crippen molar-refractivity contribution in [1.29, 1.82) is 0 Å². The van der Waals surface area contributed by atoms with Crippen molar-refractivity contribution in [2.45, 2.75) is 90.0 Å². The van der Waals surface area contributed by atoms with Crippen LogP contribution >= 0.6 is 0 Å². The highest BCUT2D eigenvalue weighted by Crippen LogP contribution is 2.12. The molecule has 1 atom stereocenters. The fourth-order valence-electron chi connectivity index (χ4n) is 2.63. The summed E-state index contributed by atoms with van der Waals surface area (Å²) >= 11 is 0. The zero-order valence-corrected chi connectivity index (χ0v) is 14.7. The van der Waals surface area contributed by atoms with E-state index in [0.29, 0.717) is 6.54 Å².